The quantitative estimate of drug-likeness (QED) is 0.786. The third-order valence-corrected chi connectivity index (χ3v) is 5.40. The van der Waals surface area contributed by atoms with E-state index in [4.69, 9.17) is 4.42 Å². The lowest BCUT2D eigenvalue weighted by molar-refractivity contribution is 0.0957. The summed E-state index contributed by atoms with van der Waals surface area (Å²) >= 11 is 1.60. The van der Waals surface area contributed by atoms with Crippen molar-refractivity contribution < 1.29 is 9.21 Å². The van der Waals surface area contributed by atoms with E-state index in [-0.39, 0.29) is 5.91 Å². The van der Waals surface area contributed by atoms with Crippen LogP contribution in [0.5, 0.6) is 0 Å². The number of fused-ring (bicyclic) bond motifs is 3. The largest absolute Gasteiger partial charge is 0.469 e. The average Bonchev–Trinajstić information content (AvgIpc) is 3.24. The average molecular weight is 323 g/mol. The molecular formula is C19H17NO2S. The van der Waals surface area contributed by atoms with Gasteiger partial charge in [-0.15, -0.1) is 11.3 Å². The molecule has 0 saturated carbocycles. The van der Waals surface area contributed by atoms with E-state index in [1.807, 2.05) is 12.1 Å². The number of carbonyl (C=O) groups excluding carboxylic acids is 1. The second-order valence-electron chi connectivity index (χ2n) is 5.71. The first-order valence-electron chi connectivity index (χ1n) is 7.83. The molecule has 4 heteroatoms. The molecule has 0 bridgehead atoms. The minimum Gasteiger partial charge on any atom is -0.469 e. The predicted octanol–water partition coefficient (Wildman–Crippen LogP) is 4.08. The molecule has 1 aliphatic rings. The molecule has 116 valence electrons. The van der Waals surface area contributed by atoms with Crippen LogP contribution >= 0.6 is 11.3 Å². The van der Waals surface area contributed by atoms with Crippen LogP contribution in [0.15, 0.2) is 53.1 Å². The van der Waals surface area contributed by atoms with E-state index in [1.165, 1.54) is 21.6 Å². The zero-order valence-electron chi connectivity index (χ0n) is 12.7. The van der Waals surface area contributed by atoms with Crippen molar-refractivity contribution in [3.63, 3.8) is 0 Å². The topological polar surface area (TPSA) is 42.2 Å². The number of aryl methyl sites for hydroxylation is 2. The predicted molar refractivity (Wildman–Crippen MR) is 91.9 cm³/mol. The third kappa shape index (κ3) is 2.82. The van der Waals surface area contributed by atoms with Crippen LogP contribution in [0, 0.1) is 0 Å². The number of nitrogens with one attached hydrogen (secondary N) is 1. The van der Waals surface area contributed by atoms with Crippen molar-refractivity contribution in [3.8, 4) is 10.4 Å². The summed E-state index contributed by atoms with van der Waals surface area (Å²) < 4.78 is 5.28. The van der Waals surface area contributed by atoms with Crippen LogP contribution in [0.3, 0.4) is 0 Å². The van der Waals surface area contributed by atoms with Crippen LogP contribution in [0.25, 0.3) is 10.4 Å². The highest BCUT2D eigenvalue weighted by Crippen LogP contribution is 2.39. The summed E-state index contributed by atoms with van der Waals surface area (Å²) in [5.41, 5.74) is 3.96. The molecule has 23 heavy (non-hydrogen) atoms. The number of hydrogen-bond donors (Lipinski definition) is 1. The maximum absolute atomic E-state index is 12.4. The highest BCUT2D eigenvalue weighted by Gasteiger charge is 2.21. The van der Waals surface area contributed by atoms with Crippen molar-refractivity contribution in [3.05, 3.63) is 70.5 Å². The Hall–Kier alpha value is -2.33. The molecule has 0 spiro atoms. The van der Waals surface area contributed by atoms with Gasteiger partial charge >= 0.3 is 0 Å². The Labute approximate surface area is 139 Å². The SMILES string of the molecule is O=C(NCCc1ccco1)c1cc2c(s1)-c1ccccc1CC2. The standard InChI is InChI=1S/C19H17NO2S/c21-19(20-10-9-15-5-3-11-22-15)17-12-14-8-7-13-4-1-2-6-16(13)18(14)23-17/h1-6,11-12H,7-10H2,(H,20,21). The van der Waals surface area contributed by atoms with Crippen LogP contribution in [-0.4, -0.2) is 12.5 Å². The Morgan fingerprint density at radius 1 is 1.13 bits per heavy atom. The number of thiophene rings is 1. The van der Waals surface area contributed by atoms with Gasteiger partial charge in [-0.05, 0) is 47.7 Å². The zero-order chi connectivity index (χ0) is 15.6. The number of furan rings is 1. The van der Waals surface area contributed by atoms with Crippen LogP contribution in [0.4, 0.5) is 0 Å². The Bertz CT molecular complexity index is 833. The van der Waals surface area contributed by atoms with Crippen molar-refractivity contribution in [2.24, 2.45) is 0 Å². The van der Waals surface area contributed by atoms with E-state index >= 15 is 0 Å². The molecule has 0 fully saturated rings. The van der Waals surface area contributed by atoms with E-state index in [1.54, 1.807) is 17.6 Å². The fourth-order valence-electron chi connectivity index (χ4n) is 3.02. The van der Waals surface area contributed by atoms with Gasteiger partial charge in [0.25, 0.3) is 5.91 Å². The minimum atomic E-state index is 0.00781. The second kappa shape index (κ2) is 6.05. The first kappa shape index (κ1) is 14.3. The highest BCUT2D eigenvalue weighted by atomic mass is 32.1. The molecule has 0 radical (unpaired) electrons. The summed E-state index contributed by atoms with van der Waals surface area (Å²) in [7, 11) is 0. The molecule has 2 heterocycles. The molecule has 4 rings (SSSR count). The van der Waals surface area contributed by atoms with E-state index in [9.17, 15) is 4.79 Å². The summed E-state index contributed by atoms with van der Waals surface area (Å²) in [5, 5.41) is 2.98. The number of amides is 1. The van der Waals surface area contributed by atoms with E-state index in [0.717, 1.165) is 23.5 Å². The van der Waals surface area contributed by atoms with Crippen LogP contribution in [0.2, 0.25) is 0 Å². The van der Waals surface area contributed by atoms with Crippen molar-refractivity contribution in [2.75, 3.05) is 6.54 Å². The molecule has 0 saturated heterocycles. The third-order valence-electron chi connectivity index (χ3n) is 4.20. The van der Waals surface area contributed by atoms with Crippen LogP contribution < -0.4 is 5.32 Å². The molecule has 1 aliphatic carbocycles. The maximum Gasteiger partial charge on any atom is 0.261 e. The van der Waals surface area contributed by atoms with Crippen molar-refractivity contribution in [1.82, 2.24) is 5.32 Å². The van der Waals surface area contributed by atoms with E-state index in [2.05, 4.69) is 35.6 Å². The molecule has 1 aromatic carbocycles. The Kier molecular flexibility index (Phi) is 3.75. The van der Waals surface area contributed by atoms with Crippen LogP contribution in [-0.2, 0) is 19.3 Å². The normalized spacial score (nSPS) is 12.5. The van der Waals surface area contributed by atoms with E-state index < -0.39 is 0 Å². The van der Waals surface area contributed by atoms with Gasteiger partial charge < -0.3 is 9.73 Å². The van der Waals surface area contributed by atoms with Gasteiger partial charge in [-0.1, -0.05) is 24.3 Å². The summed E-state index contributed by atoms with van der Waals surface area (Å²) in [4.78, 5) is 14.4. The zero-order valence-corrected chi connectivity index (χ0v) is 13.5. The number of benzene rings is 1. The van der Waals surface area contributed by atoms with Gasteiger partial charge in [0.05, 0.1) is 11.1 Å². The smallest absolute Gasteiger partial charge is 0.261 e. The van der Waals surface area contributed by atoms with Gasteiger partial charge in [-0.2, -0.15) is 0 Å². The highest BCUT2D eigenvalue weighted by molar-refractivity contribution is 7.17. The molecule has 3 aromatic rings. The fraction of sp³-hybridized carbons (Fsp3) is 0.211. The Morgan fingerprint density at radius 3 is 2.87 bits per heavy atom. The lowest BCUT2D eigenvalue weighted by Gasteiger charge is -2.15. The van der Waals surface area contributed by atoms with Gasteiger partial charge in [0.15, 0.2) is 0 Å². The first-order chi connectivity index (χ1) is 11.3. The van der Waals surface area contributed by atoms with Crippen molar-refractivity contribution >= 4 is 17.2 Å². The summed E-state index contributed by atoms with van der Waals surface area (Å²) in [6, 6.07) is 14.3. The van der Waals surface area contributed by atoms with Gasteiger partial charge in [0.2, 0.25) is 0 Å². The maximum atomic E-state index is 12.4. The lowest BCUT2D eigenvalue weighted by atomic mass is 9.91. The summed E-state index contributed by atoms with van der Waals surface area (Å²) in [6.45, 7) is 0.589. The van der Waals surface area contributed by atoms with Crippen molar-refractivity contribution in [1.29, 1.82) is 0 Å². The summed E-state index contributed by atoms with van der Waals surface area (Å²) in [5.74, 6) is 0.901. The van der Waals surface area contributed by atoms with Crippen molar-refractivity contribution in [2.45, 2.75) is 19.3 Å². The number of rotatable bonds is 4. The molecule has 1 amide bonds. The first-order valence-corrected chi connectivity index (χ1v) is 8.64. The number of carbonyl (C=O) groups is 1. The number of hydrogen-bond acceptors (Lipinski definition) is 3. The van der Waals surface area contributed by atoms with Gasteiger partial charge in [0, 0.05) is 17.8 Å². The van der Waals surface area contributed by atoms with E-state index in [0.29, 0.717) is 13.0 Å². The van der Waals surface area contributed by atoms with Gasteiger partial charge in [0.1, 0.15) is 5.76 Å². The van der Waals surface area contributed by atoms with Crippen LogP contribution in [0.1, 0.15) is 26.6 Å². The lowest BCUT2D eigenvalue weighted by Crippen LogP contribution is -2.24. The molecule has 3 nitrogen and oxygen atoms in total. The summed E-state index contributed by atoms with van der Waals surface area (Å²) in [6.07, 6.45) is 4.44. The molecule has 0 unspecified atom stereocenters. The second-order valence-corrected chi connectivity index (χ2v) is 6.76. The molecular weight excluding hydrogens is 306 g/mol. The van der Waals surface area contributed by atoms with Gasteiger partial charge in [-0.3, -0.25) is 4.79 Å². The fourth-order valence-corrected chi connectivity index (χ4v) is 4.21. The molecule has 1 N–H and O–H groups in total. The molecule has 2 aromatic heterocycles. The van der Waals surface area contributed by atoms with Gasteiger partial charge in [-0.25, -0.2) is 0 Å². The monoisotopic (exact) mass is 323 g/mol. The Morgan fingerprint density at radius 2 is 2.00 bits per heavy atom. The molecule has 0 aliphatic heterocycles. The Balaban J connectivity index is 1.48. The minimum absolute atomic E-state index is 0.00781. The molecule has 0 atom stereocenters.